The summed E-state index contributed by atoms with van der Waals surface area (Å²) in [4.78, 5) is 16.8. The van der Waals surface area contributed by atoms with Crippen LogP contribution in [0.4, 0.5) is 4.39 Å². The molecular weight excluding hydrogens is 497 g/mol. The number of rotatable bonds is 9. The largest absolute Gasteiger partial charge is 0.493 e. The highest BCUT2D eigenvalue weighted by molar-refractivity contribution is 5.85. The number of pyridine rings is 1. The average molecular weight is 528 g/mol. The molecule has 1 amide bonds. The van der Waals surface area contributed by atoms with Crippen LogP contribution < -0.4 is 24.8 Å². The summed E-state index contributed by atoms with van der Waals surface area (Å²) in [7, 11) is 0. The number of halogens is 2. The van der Waals surface area contributed by atoms with Crippen LogP contribution in [0.3, 0.4) is 0 Å². The van der Waals surface area contributed by atoms with Crippen molar-refractivity contribution in [2.45, 2.75) is 25.2 Å². The minimum Gasteiger partial charge on any atom is -0.493 e. The van der Waals surface area contributed by atoms with Gasteiger partial charge in [-0.2, -0.15) is 0 Å². The van der Waals surface area contributed by atoms with E-state index < -0.39 is 0 Å². The number of benzene rings is 2. The van der Waals surface area contributed by atoms with Crippen molar-refractivity contribution in [2.24, 2.45) is 5.92 Å². The maximum absolute atomic E-state index is 14.6. The molecule has 0 aliphatic carbocycles. The lowest BCUT2D eigenvalue weighted by Gasteiger charge is -2.32. The molecule has 5 rings (SSSR count). The van der Waals surface area contributed by atoms with Crippen LogP contribution in [0.5, 0.6) is 17.2 Å². The molecule has 0 spiro atoms. The van der Waals surface area contributed by atoms with Gasteiger partial charge in [-0.1, -0.05) is 18.2 Å². The molecule has 2 atom stereocenters. The summed E-state index contributed by atoms with van der Waals surface area (Å²) >= 11 is 0. The lowest BCUT2D eigenvalue weighted by atomic mass is 9.81. The molecule has 37 heavy (non-hydrogen) atoms. The van der Waals surface area contributed by atoms with E-state index in [4.69, 9.17) is 14.2 Å². The van der Waals surface area contributed by atoms with Gasteiger partial charge >= 0.3 is 0 Å². The van der Waals surface area contributed by atoms with Crippen LogP contribution in [0.15, 0.2) is 60.8 Å². The van der Waals surface area contributed by atoms with E-state index in [1.54, 1.807) is 6.20 Å². The number of piperidine rings is 1. The maximum Gasteiger partial charge on any atom is 0.231 e. The lowest BCUT2D eigenvalue weighted by molar-refractivity contribution is -0.120. The monoisotopic (exact) mass is 527 g/mol. The van der Waals surface area contributed by atoms with Crippen molar-refractivity contribution in [1.82, 2.24) is 15.6 Å². The Kier molecular flexibility index (Phi) is 9.19. The van der Waals surface area contributed by atoms with E-state index in [-0.39, 0.29) is 49.2 Å². The van der Waals surface area contributed by atoms with Gasteiger partial charge in [-0.15, -0.1) is 12.4 Å². The predicted molar refractivity (Wildman–Crippen MR) is 140 cm³/mol. The Morgan fingerprint density at radius 3 is 2.89 bits per heavy atom. The van der Waals surface area contributed by atoms with Crippen molar-refractivity contribution in [3.05, 3.63) is 83.4 Å². The van der Waals surface area contributed by atoms with Crippen LogP contribution in [0.1, 0.15) is 29.2 Å². The van der Waals surface area contributed by atoms with Gasteiger partial charge in [-0.3, -0.25) is 9.78 Å². The van der Waals surface area contributed by atoms with E-state index in [1.807, 2.05) is 48.5 Å². The SMILES string of the molecule is Cl.O=C(Cc1cc([C@@H]2CCNC[C@H]2COc2ccc3c(c2)OCO3)ccc1F)NCCc1ccccn1. The summed E-state index contributed by atoms with van der Waals surface area (Å²) in [6.45, 7) is 2.88. The Hall–Kier alpha value is -3.36. The second-order valence-corrected chi connectivity index (χ2v) is 9.13. The highest BCUT2D eigenvalue weighted by Gasteiger charge is 2.28. The molecule has 2 aliphatic rings. The first-order valence-corrected chi connectivity index (χ1v) is 12.3. The summed E-state index contributed by atoms with van der Waals surface area (Å²) in [6, 6.07) is 16.4. The van der Waals surface area contributed by atoms with E-state index in [1.165, 1.54) is 6.07 Å². The van der Waals surface area contributed by atoms with Gasteiger partial charge in [0, 0.05) is 43.4 Å². The minimum atomic E-state index is -0.360. The Balaban J connectivity index is 0.00000320. The number of aromatic nitrogens is 1. The van der Waals surface area contributed by atoms with Gasteiger partial charge in [0.05, 0.1) is 13.0 Å². The molecule has 196 valence electrons. The summed E-state index contributed by atoms with van der Waals surface area (Å²) in [5.74, 6) is 1.98. The Bertz CT molecular complexity index is 1200. The molecule has 7 nitrogen and oxygen atoms in total. The molecule has 1 fully saturated rings. The summed E-state index contributed by atoms with van der Waals surface area (Å²) < 4.78 is 31.5. The number of carbonyl (C=O) groups is 1. The minimum absolute atomic E-state index is 0. The van der Waals surface area contributed by atoms with E-state index in [2.05, 4.69) is 15.6 Å². The third-order valence-corrected chi connectivity index (χ3v) is 6.69. The predicted octanol–water partition coefficient (Wildman–Crippen LogP) is 4.04. The molecule has 2 N–H and O–H groups in total. The number of nitrogens with one attached hydrogen (secondary N) is 2. The van der Waals surface area contributed by atoms with Crippen LogP contribution in [0.2, 0.25) is 0 Å². The number of carbonyl (C=O) groups excluding carboxylic acids is 1. The first-order chi connectivity index (χ1) is 17.7. The molecule has 2 aliphatic heterocycles. The van der Waals surface area contributed by atoms with Crippen molar-refractivity contribution >= 4 is 18.3 Å². The summed E-state index contributed by atoms with van der Waals surface area (Å²) in [5.41, 5.74) is 2.36. The van der Waals surface area contributed by atoms with Crippen LogP contribution >= 0.6 is 12.4 Å². The smallest absolute Gasteiger partial charge is 0.231 e. The third kappa shape index (κ3) is 6.90. The van der Waals surface area contributed by atoms with Crippen molar-refractivity contribution < 1.29 is 23.4 Å². The molecule has 0 radical (unpaired) electrons. The van der Waals surface area contributed by atoms with Crippen molar-refractivity contribution in [3.8, 4) is 17.2 Å². The fourth-order valence-corrected chi connectivity index (χ4v) is 4.78. The molecule has 2 aromatic carbocycles. The van der Waals surface area contributed by atoms with Gasteiger partial charge in [0.15, 0.2) is 11.5 Å². The van der Waals surface area contributed by atoms with Gasteiger partial charge in [0.2, 0.25) is 12.7 Å². The van der Waals surface area contributed by atoms with Crippen molar-refractivity contribution in [1.29, 1.82) is 0 Å². The van der Waals surface area contributed by atoms with Crippen LogP contribution in [0, 0.1) is 11.7 Å². The average Bonchev–Trinajstić information content (AvgIpc) is 3.38. The van der Waals surface area contributed by atoms with E-state index >= 15 is 0 Å². The highest BCUT2D eigenvalue weighted by Crippen LogP contribution is 2.36. The molecule has 0 saturated carbocycles. The van der Waals surface area contributed by atoms with E-state index in [9.17, 15) is 9.18 Å². The van der Waals surface area contributed by atoms with Crippen molar-refractivity contribution in [3.63, 3.8) is 0 Å². The highest BCUT2D eigenvalue weighted by atomic mass is 35.5. The van der Waals surface area contributed by atoms with Gasteiger partial charge in [0.25, 0.3) is 0 Å². The molecule has 0 unspecified atom stereocenters. The number of nitrogens with zero attached hydrogens (tertiary/aromatic N) is 1. The summed E-state index contributed by atoms with van der Waals surface area (Å²) in [5, 5.41) is 6.32. The van der Waals surface area contributed by atoms with Gasteiger partial charge in [-0.25, -0.2) is 4.39 Å². The number of hydrogen-bond donors (Lipinski definition) is 2. The zero-order chi connectivity index (χ0) is 24.7. The van der Waals surface area contributed by atoms with E-state index in [0.29, 0.717) is 30.9 Å². The van der Waals surface area contributed by atoms with Crippen LogP contribution in [0.25, 0.3) is 0 Å². The molecular formula is C28H31ClFN3O4. The summed E-state index contributed by atoms with van der Waals surface area (Å²) in [6.07, 6.45) is 3.28. The van der Waals surface area contributed by atoms with Gasteiger partial charge < -0.3 is 24.8 Å². The van der Waals surface area contributed by atoms with Gasteiger partial charge in [-0.05, 0) is 60.3 Å². The normalized spacial score (nSPS) is 18.1. The molecule has 1 aromatic heterocycles. The number of amides is 1. The second kappa shape index (κ2) is 12.7. The Morgan fingerprint density at radius 2 is 2.03 bits per heavy atom. The van der Waals surface area contributed by atoms with Gasteiger partial charge in [0.1, 0.15) is 11.6 Å². The third-order valence-electron chi connectivity index (χ3n) is 6.69. The zero-order valence-corrected chi connectivity index (χ0v) is 21.3. The maximum atomic E-state index is 14.6. The topological polar surface area (TPSA) is 81.7 Å². The molecule has 9 heteroatoms. The zero-order valence-electron chi connectivity index (χ0n) is 20.5. The molecule has 3 heterocycles. The Morgan fingerprint density at radius 1 is 1.14 bits per heavy atom. The Labute approximate surface area is 222 Å². The standard InChI is InChI=1S/C28H30FN3O4.ClH/c29-25-6-4-19(13-20(25)14-28(33)32-12-8-22-3-1-2-10-31-22)24-9-11-30-16-21(24)17-34-23-5-7-26-27(15-23)36-18-35-26;/h1-7,10,13,15,21,24,30H,8-9,11-12,14,16-18H2,(H,32,33);1H/t21-,24-;/m0./s1. The lowest BCUT2D eigenvalue weighted by Crippen LogP contribution is -2.38. The quantitative estimate of drug-likeness (QED) is 0.437. The number of hydrogen-bond acceptors (Lipinski definition) is 6. The fraction of sp³-hybridized carbons (Fsp3) is 0.357. The fourth-order valence-electron chi connectivity index (χ4n) is 4.78. The molecule has 1 saturated heterocycles. The number of fused-ring (bicyclic) bond motifs is 1. The molecule has 3 aromatic rings. The number of ether oxygens (including phenoxy) is 3. The van der Waals surface area contributed by atoms with Crippen molar-refractivity contribution in [2.75, 3.05) is 33.0 Å². The first-order valence-electron chi connectivity index (χ1n) is 12.3. The van der Waals surface area contributed by atoms with E-state index in [0.717, 1.165) is 42.3 Å². The first kappa shape index (κ1) is 26.7. The second-order valence-electron chi connectivity index (χ2n) is 9.13. The van der Waals surface area contributed by atoms with Crippen LogP contribution in [-0.4, -0.2) is 43.9 Å². The molecule has 0 bridgehead atoms. The van der Waals surface area contributed by atoms with Crippen LogP contribution in [-0.2, 0) is 17.6 Å².